The Morgan fingerprint density at radius 1 is 0.484 bits per heavy atom. The molecule has 6 aromatic rings. The first-order valence-corrected chi connectivity index (χ1v) is 9.55. The third kappa shape index (κ3) is 3.35. The van der Waals surface area contributed by atoms with Gasteiger partial charge in [0.2, 0.25) is 0 Å². The van der Waals surface area contributed by atoms with Crippen molar-refractivity contribution in [2.24, 2.45) is 0 Å². The predicted octanol–water partition coefficient (Wildman–Crippen LogP) is 4.49. The summed E-state index contributed by atoms with van der Waals surface area (Å²) in [6.07, 6.45) is 3.16. The van der Waals surface area contributed by atoms with E-state index in [1.54, 1.807) is 12.7 Å². The van der Waals surface area contributed by atoms with E-state index in [2.05, 4.69) is 19.9 Å². The summed E-state index contributed by atoms with van der Waals surface area (Å²) < 4.78 is 0. The Morgan fingerprint density at radius 3 is 1.39 bits per heavy atom. The van der Waals surface area contributed by atoms with Crippen molar-refractivity contribution in [1.82, 2.24) is 29.9 Å². The van der Waals surface area contributed by atoms with E-state index in [0.717, 1.165) is 56.0 Å². The molecule has 0 saturated heterocycles. The summed E-state index contributed by atoms with van der Waals surface area (Å²) in [5.74, 6) is 0. The van der Waals surface area contributed by atoms with Gasteiger partial charge in [-0.25, -0.2) is 9.97 Å². The van der Waals surface area contributed by atoms with Gasteiger partial charge in [0.05, 0.1) is 22.8 Å². The first-order valence-electron chi connectivity index (χ1n) is 9.55. The molecule has 0 aliphatic rings. The molecule has 0 saturated carbocycles. The fourth-order valence-corrected chi connectivity index (χ4v) is 3.71. The average Bonchev–Trinajstić information content (AvgIpc) is 3.48. The Morgan fingerprint density at radius 2 is 0.903 bits per heavy atom. The molecule has 0 bridgehead atoms. The van der Waals surface area contributed by atoms with Crippen molar-refractivity contribution < 1.29 is 21.1 Å². The van der Waals surface area contributed by atoms with E-state index in [1.165, 1.54) is 0 Å². The van der Waals surface area contributed by atoms with E-state index in [-0.39, 0.29) is 21.1 Å². The molecule has 0 spiro atoms. The van der Waals surface area contributed by atoms with Crippen LogP contribution in [0.5, 0.6) is 0 Å². The molecule has 2 aromatic carbocycles. The van der Waals surface area contributed by atoms with Crippen LogP contribution >= 0.6 is 0 Å². The molecule has 4 aromatic heterocycles. The number of hydrogen-bond acceptors (Lipinski definition) is 4. The van der Waals surface area contributed by atoms with Gasteiger partial charge in [-0.2, -0.15) is 0 Å². The Hall–Kier alpha value is -3.63. The minimum Gasteiger partial charge on any atom is -0.443 e. The van der Waals surface area contributed by atoms with Gasteiger partial charge in [-0.05, 0) is 46.3 Å². The van der Waals surface area contributed by atoms with E-state index in [0.29, 0.717) is 0 Å². The number of aromatic nitrogens is 6. The number of benzene rings is 2. The van der Waals surface area contributed by atoms with Crippen LogP contribution in [0.2, 0.25) is 0 Å². The van der Waals surface area contributed by atoms with E-state index in [4.69, 9.17) is 9.97 Å². The quantitative estimate of drug-likeness (QED) is 0.307. The van der Waals surface area contributed by atoms with E-state index in [1.807, 2.05) is 72.8 Å². The number of nitrogens with zero attached hydrogens (tertiary/aromatic N) is 6. The minimum absolute atomic E-state index is 0. The fraction of sp³-hybridized carbons (Fsp3) is 0. The maximum absolute atomic E-state index is 4.87. The molecule has 150 valence electrons. The Bertz CT molecular complexity index is 1400. The maximum atomic E-state index is 4.87. The summed E-state index contributed by atoms with van der Waals surface area (Å²) in [5.41, 5.74) is 8.63. The van der Waals surface area contributed by atoms with Crippen molar-refractivity contribution >= 4 is 22.1 Å². The van der Waals surface area contributed by atoms with E-state index >= 15 is 0 Å². The van der Waals surface area contributed by atoms with Gasteiger partial charge in [-0.1, -0.05) is 61.2 Å². The second kappa shape index (κ2) is 7.89. The molecule has 6 nitrogen and oxygen atoms in total. The topological polar surface area (TPSA) is 79.8 Å². The molecule has 4 heterocycles. The molecule has 0 atom stereocenters. The third-order valence-electron chi connectivity index (χ3n) is 5.11. The molecule has 31 heavy (non-hydrogen) atoms. The van der Waals surface area contributed by atoms with Crippen LogP contribution in [0.25, 0.3) is 56.0 Å². The van der Waals surface area contributed by atoms with Gasteiger partial charge in [0.25, 0.3) is 0 Å². The second-order valence-corrected chi connectivity index (χ2v) is 6.91. The van der Waals surface area contributed by atoms with Crippen molar-refractivity contribution in [3.05, 3.63) is 85.5 Å². The van der Waals surface area contributed by atoms with Gasteiger partial charge in [-0.3, -0.25) is 0 Å². The number of pyridine rings is 2. The van der Waals surface area contributed by atoms with Gasteiger partial charge in [0.1, 0.15) is 0 Å². The molecule has 7 heteroatoms. The molecule has 0 N–H and O–H groups in total. The maximum Gasteiger partial charge on any atom is 2.00 e. The average molecular weight is 581 g/mol. The van der Waals surface area contributed by atoms with Gasteiger partial charge in [0.15, 0.2) is 0 Å². The summed E-state index contributed by atoms with van der Waals surface area (Å²) >= 11 is 0. The summed E-state index contributed by atoms with van der Waals surface area (Å²) in [6, 6.07) is 23.8. The zero-order valence-corrected chi connectivity index (χ0v) is 18.4. The number of para-hydroxylation sites is 2. The zero-order chi connectivity index (χ0) is 19.9. The van der Waals surface area contributed by atoms with Crippen LogP contribution in [0.1, 0.15) is 0 Å². The SMILES string of the molecule is [Pt+2].c1cc(-c2cccc(-c3cccc4nc[n-]c34)n2)nc(-c2cccc3nc[n-]c23)c1. The first kappa shape index (κ1) is 19.3. The number of fused-ring (bicyclic) bond motifs is 2. The predicted molar refractivity (Wildman–Crippen MR) is 116 cm³/mol. The van der Waals surface area contributed by atoms with Crippen LogP contribution < -0.4 is 9.97 Å². The van der Waals surface area contributed by atoms with Crippen LogP contribution in [-0.2, 0) is 21.1 Å². The first-order chi connectivity index (χ1) is 14.9. The molecule has 0 aliphatic carbocycles. The largest absolute Gasteiger partial charge is 2.00 e. The molecular formula is C24H14N6Pt. The summed E-state index contributed by atoms with van der Waals surface area (Å²) in [5, 5.41) is 0. The van der Waals surface area contributed by atoms with Crippen LogP contribution in [0.4, 0.5) is 0 Å². The molecule has 0 aliphatic heterocycles. The standard InChI is InChI=1S/C24H14N6.Pt/c1-5-15(23-21(11-1)25-13-27-23)17-7-3-9-19(29-17)20-10-4-8-18(30-20)16-6-2-12-22-24(16)28-14-26-22;/h1-14H;/q-2;+2. The molecule has 0 radical (unpaired) electrons. The summed E-state index contributed by atoms with van der Waals surface area (Å²) in [6.45, 7) is 0. The Balaban J connectivity index is 0.00000204. The molecule has 0 fully saturated rings. The zero-order valence-electron chi connectivity index (χ0n) is 16.1. The van der Waals surface area contributed by atoms with Gasteiger partial charge >= 0.3 is 21.1 Å². The normalized spacial score (nSPS) is 11.0. The second-order valence-electron chi connectivity index (χ2n) is 6.91. The Labute approximate surface area is 192 Å². The van der Waals surface area contributed by atoms with Gasteiger partial charge < -0.3 is 19.9 Å². The summed E-state index contributed by atoms with van der Waals surface area (Å²) in [4.78, 5) is 27.1. The summed E-state index contributed by atoms with van der Waals surface area (Å²) in [7, 11) is 0. The molecular weight excluding hydrogens is 567 g/mol. The van der Waals surface area contributed by atoms with Crippen LogP contribution in [-0.4, -0.2) is 19.9 Å². The van der Waals surface area contributed by atoms with Crippen molar-refractivity contribution in [2.75, 3.05) is 0 Å². The van der Waals surface area contributed by atoms with Crippen LogP contribution in [0.3, 0.4) is 0 Å². The number of hydrogen-bond donors (Lipinski definition) is 0. The molecule has 0 amide bonds. The van der Waals surface area contributed by atoms with Gasteiger partial charge in [0, 0.05) is 11.1 Å². The smallest absolute Gasteiger partial charge is 0.443 e. The van der Waals surface area contributed by atoms with Gasteiger partial charge in [-0.15, -0.1) is 0 Å². The van der Waals surface area contributed by atoms with Crippen LogP contribution in [0, 0.1) is 0 Å². The van der Waals surface area contributed by atoms with Crippen LogP contribution in [0.15, 0.2) is 85.5 Å². The van der Waals surface area contributed by atoms with Crippen molar-refractivity contribution in [2.45, 2.75) is 0 Å². The van der Waals surface area contributed by atoms with Crippen molar-refractivity contribution in [1.29, 1.82) is 0 Å². The fourth-order valence-electron chi connectivity index (χ4n) is 3.71. The molecule has 6 rings (SSSR count). The number of imidazole rings is 2. The number of rotatable bonds is 3. The van der Waals surface area contributed by atoms with Crippen molar-refractivity contribution in [3.8, 4) is 33.9 Å². The van der Waals surface area contributed by atoms with Crippen molar-refractivity contribution in [3.63, 3.8) is 0 Å². The minimum atomic E-state index is 0. The van der Waals surface area contributed by atoms with E-state index < -0.39 is 0 Å². The molecule has 0 unspecified atom stereocenters. The third-order valence-corrected chi connectivity index (χ3v) is 5.11. The Kier molecular flexibility index (Phi) is 4.92. The van der Waals surface area contributed by atoms with E-state index in [9.17, 15) is 0 Å². The monoisotopic (exact) mass is 581 g/mol.